The molecule has 0 unspecified atom stereocenters. The first-order chi connectivity index (χ1) is 7.41. The van der Waals surface area contributed by atoms with Crippen LogP contribution in [0.5, 0.6) is 0 Å². The first-order valence-corrected chi connectivity index (χ1v) is 6.38. The zero-order chi connectivity index (χ0) is 12.3. The zero-order valence-electron chi connectivity index (χ0n) is 10.3. The monoisotopic (exact) mass is 244 g/mol. The largest absolute Gasteiger partial charge is 0.481 e. The number of hydrogen-bond acceptors (Lipinski definition) is 1. The lowest BCUT2D eigenvalue weighted by Gasteiger charge is -2.00. The minimum Gasteiger partial charge on any atom is -0.481 e. The summed E-state index contributed by atoms with van der Waals surface area (Å²) < 4.78 is 0. The van der Waals surface area contributed by atoms with Gasteiger partial charge >= 0.3 is 5.97 Å². The molecule has 1 aliphatic rings. The van der Waals surface area contributed by atoms with E-state index in [1.165, 1.54) is 12.8 Å². The summed E-state index contributed by atoms with van der Waals surface area (Å²) in [7, 11) is 0. The van der Waals surface area contributed by atoms with Crippen molar-refractivity contribution in [3.63, 3.8) is 0 Å². The van der Waals surface area contributed by atoms with E-state index < -0.39 is 5.97 Å². The van der Waals surface area contributed by atoms with Gasteiger partial charge in [0.15, 0.2) is 0 Å². The highest BCUT2D eigenvalue weighted by Crippen LogP contribution is 2.59. The summed E-state index contributed by atoms with van der Waals surface area (Å²) >= 11 is 6.12. The van der Waals surface area contributed by atoms with E-state index in [2.05, 4.69) is 6.92 Å². The van der Waals surface area contributed by atoms with Crippen molar-refractivity contribution >= 4 is 17.6 Å². The minimum atomic E-state index is -0.704. The average Bonchev–Trinajstić information content (AvgIpc) is 2.68. The zero-order valence-corrected chi connectivity index (χ0v) is 11.0. The average molecular weight is 245 g/mol. The molecule has 0 bridgehead atoms. The molecule has 0 aromatic heterocycles. The number of unbranched alkanes of at least 4 members (excludes halogenated alkanes) is 2. The van der Waals surface area contributed by atoms with Gasteiger partial charge in [-0.05, 0) is 24.2 Å². The Morgan fingerprint density at radius 1 is 1.44 bits per heavy atom. The number of halogens is 1. The van der Waals surface area contributed by atoms with Crippen LogP contribution in [0.25, 0.3) is 0 Å². The highest BCUT2D eigenvalue weighted by Gasteiger charge is 2.60. The summed E-state index contributed by atoms with van der Waals surface area (Å²) in [5.74, 6) is -0.851. The highest BCUT2D eigenvalue weighted by atomic mass is 35.5. The second kappa shape index (κ2) is 5.22. The summed E-state index contributed by atoms with van der Waals surface area (Å²) in [6.45, 7) is 6.13. The number of hydrogen-bond donors (Lipinski definition) is 1. The molecule has 0 saturated heterocycles. The molecule has 92 valence electrons. The lowest BCUT2D eigenvalue weighted by Crippen LogP contribution is -2.03. The highest BCUT2D eigenvalue weighted by molar-refractivity contribution is 6.29. The van der Waals surface area contributed by atoms with Crippen LogP contribution in [0.2, 0.25) is 0 Å². The van der Waals surface area contributed by atoms with Gasteiger partial charge in [-0.2, -0.15) is 0 Å². The predicted octanol–water partition coefficient (Wildman–Crippen LogP) is 4.05. The van der Waals surface area contributed by atoms with Crippen molar-refractivity contribution in [3.05, 3.63) is 11.1 Å². The van der Waals surface area contributed by atoms with Crippen LogP contribution in [0.15, 0.2) is 11.1 Å². The summed E-state index contributed by atoms with van der Waals surface area (Å²) in [6.07, 6.45) is 6.29. The number of allylic oxidation sites excluding steroid dienone is 2. The van der Waals surface area contributed by atoms with Crippen LogP contribution >= 0.6 is 11.6 Å². The van der Waals surface area contributed by atoms with E-state index in [9.17, 15) is 4.79 Å². The van der Waals surface area contributed by atoms with Gasteiger partial charge in [-0.15, -0.1) is 0 Å². The van der Waals surface area contributed by atoms with E-state index in [0.29, 0.717) is 0 Å². The Labute approximate surface area is 103 Å². The Kier molecular flexibility index (Phi) is 4.43. The minimum absolute atomic E-state index is 0.110. The van der Waals surface area contributed by atoms with Gasteiger partial charge < -0.3 is 5.11 Å². The molecular formula is C13H21ClO2. The molecule has 1 fully saturated rings. The molecule has 2 nitrogen and oxygen atoms in total. The van der Waals surface area contributed by atoms with Crippen molar-refractivity contribution in [2.45, 2.75) is 46.5 Å². The standard InChI is InChI=1S/C13H21ClO2/c1-4-5-6-7-9(14)8-10-11(12(15)16)13(10,2)3/h8,10-11H,4-7H2,1-3H3,(H,15,16)/t10-,11+/m0/s1. The summed E-state index contributed by atoms with van der Waals surface area (Å²) in [5, 5.41) is 9.84. The number of rotatable bonds is 6. The summed E-state index contributed by atoms with van der Waals surface area (Å²) in [4.78, 5) is 11.0. The molecule has 0 amide bonds. The molecule has 0 aliphatic heterocycles. The van der Waals surface area contributed by atoms with Crippen LogP contribution in [-0.2, 0) is 4.79 Å². The van der Waals surface area contributed by atoms with E-state index in [0.717, 1.165) is 17.9 Å². The number of aliphatic carboxylic acids is 1. The van der Waals surface area contributed by atoms with Crippen molar-refractivity contribution < 1.29 is 9.90 Å². The third-order valence-corrected chi connectivity index (χ3v) is 3.87. The van der Waals surface area contributed by atoms with Gasteiger partial charge in [-0.1, -0.05) is 51.3 Å². The summed E-state index contributed by atoms with van der Waals surface area (Å²) in [5.41, 5.74) is -0.128. The molecule has 0 aromatic carbocycles. The maximum absolute atomic E-state index is 11.0. The predicted molar refractivity (Wildman–Crippen MR) is 66.5 cm³/mol. The fourth-order valence-corrected chi connectivity index (χ4v) is 2.55. The van der Waals surface area contributed by atoms with E-state index in [4.69, 9.17) is 16.7 Å². The Morgan fingerprint density at radius 2 is 2.06 bits per heavy atom. The van der Waals surface area contributed by atoms with Crippen LogP contribution in [0.3, 0.4) is 0 Å². The van der Waals surface area contributed by atoms with Gasteiger partial charge in [0.25, 0.3) is 0 Å². The molecule has 1 saturated carbocycles. The van der Waals surface area contributed by atoms with Gasteiger partial charge in [0.2, 0.25) is 0 Å². The number of carboxylic acids is 1. The Hall–Kier alpha value is -0.500. The van der Waals surface area contributed by atoms with Crippen molar-refractivity contribution in [2.24, 2.45) is 17.3 Å². The molecule has 3 heteroatoms. The van der Waals surface area contributed by atoms with Crippen LogP contribution in [0.1, 0.15) is 46.5 Å². The third-order valence-electron chi connectivity index (χ3n) is 3.56. The molecule has 0 spiro atoms. The smallest absolute Gasteiger partial charge is 0.307 e. The summed E-state index contributed by atoms with van der Waals surface area (Å²) in [6, 6.07) is 0. The first kappa shape index (κ1) is 13.6. The molecule has 0 aromatic rings. The molecule has 0 radical (unpaired) electrons. The van der Waals surface area contributed by atoms with Crippen LogP contribution < -0.4 is 0 Å². The van der Waals surface area contributed by atoms with Gasteiger partial charge in [-0.3, -0.25) is 4.79 Å². The maximum atomic E-state index is 11.0. The van der Waals surface area contributed by atoms with Crippen molar-refractivity contribution in [2.75, 3.05) is 0 Å². The number of carboxylic acid groups (broad SMARTS) is 1. The maximum Gasteiger partial charge on any atom is 0.307 e. The van der Waals surface area contributed by atoms with E-state index >= 15 is 0 Å². The van der Waals surface area contributed by atoms with E-state index in [1.807, 2.05) is 19.9 Å². The second-order valence-electron chi connectivity index (χ2n) is 5.23. The van der Waals surface area contributed by atoms with Gasteiger partial charge in [0.1, 0.15) is 0 Å². The van der Waals surface area contributed by atoms with Crippen LogP contribution in [0.4, 0.5) is 0 Å². The lowest BCUT2D eigenvalue weighted by atomic mass is 10.1. The fraction of sp³-hybridized carbons (Fsp3) is 0.769. The topological polar surface area (TPSA) is 37.3 Å². The molecule has 1 aliphatic carbocycles. The molecule has 2 atom stereocenters. The number of carbonyl (C=O) groups is 1. The van der Waals surface area contributed by atoms with Crippen LogP contribution in [0, 0.1) is 17.3 Å². The quantitative estimate of drug-likeness (QED) is 0.716. The second-order valence-corrected chi connectivity index (χ2v) is 5.72. The van der Waals surface area contributed by atoms with Crippen molar-refractivity contribution in [1.82, 2.24) is 0 Å². The first-order valence-electron chi connectivity index (χ1n) is 6.00. The Morgan fingerprint density at radius 3 is 2.50 bits per heavy atom. The van der Waals surface area contributed by atoms with Crippen molar-refractivity contribution in [1.29, 1.82) is 0 Å². The third kappa shape index (κ3) is 3.00. The Balaban J connectivity index is 2.48. The van der Waals surface area contributed by atoms with Crippen molar-refractivity contribution in [3.8, 4) is 0 Å². The molecule has 16 heavy (non-hydrogen) atoms. The Bertz CT molecular complexity index is 294. The van der Waals surface area contributed by atoms with Gasteiger partial charge in [-0.25, -0.2) is 0 Å². The molecular weight excluding hydrogens is 224 g/mol. The SMILES string of the molecule is CCCCCC(Cl)=C[C@H]1[C@H](C(=O)O)C1(C)C. The van der Waals surface area contributed by atoms with Gasteiger partial charge in [0, 0.05) is 5.03 Å². The normalized spacial score (nSPS) is 27.9. The van der Waals surface area contributed by atoms with E-state index in [-0.39, 0.29) is 17.3 Å². The van der Waals surface area contributed by atoms with E-state index in [1.54, 1.807) is 0 Å². The van der Waals surface area contributed by atoms with Crippen LogP contribution in [-0.4, -0.2) is 11.1 Å². The lowest BCUT2D eigenvalue weighted by molar-refractivity contribution is -0.139. The molecule has 0 heterocycles. The fourth-order valence-electron chi connectivity index (χ4n) is 2.28. The van der Waals surface area contributed by atoms with Gasteiger partial charge in [0.05, 0.1) is 5.92 Å². The molecule has 1 rings (SSSR count). The molecule has 1 N–H and O–H groups in total.